The molecule has 0 aliphatic carbocycles. The maximum Gasteiger partial charge on any atom is 0.273 e. The SMILES string of the molecule is COc1ccc(CCNC(=O)c2coc(-c3ccc(N)cc3)n2)cc1OC. The van der Waals surface area contributed by atoms with Gasteiger partial charge in [-0.1, -0.05) is 6.07 Å². The molecule has 3 rings (SSSR count). The van der Waals surface area contributed by atoms with E-state index in [0.29, 0.717) is 36.0 Å². The topological polar surface area (TPSA) is 99.6 Å². The Morgan fingerprint density at radius 2 is 1.85 bits per heavy atom. The van der Waals surface area contributed by atoms with Gasteiger partial charge in [0.25, 0.3) is 5.91 Å². The molecule has 0 aliphatic heterocycles. The Labute approximate surface area is 157 Å². The van der Waals surface area contributed by atoms with Crippen molar-refractivity contribution in [1.29, 1.82) is 0 Å². The van der Waals surface area contributed by atoms with Gasteiger partial charge in [-0.25, -0.2) is 4.98 Å². The van der Waals surface area contributed by atoms with E-state index >= 15 is 0 Å². The van der Waals surface area contributed by atoms with Crippen LogP contribution in [0.1, 0.15) is 16.1 Å². The first-order chi connectivity index (χ1) is 13.1. The van der Waals surface area contributed by atoms with Crippen molar-refractivity contribution in [2.24, 2.45) is 0 Å². The Kier molecular flexibility index (Phi) is 5.61. The summed E-state index contributed by atoms with van der Waals surface area (Å²) in [6.07, 6.45) is 1.99. The van der Waals surface area contributed by atoms with Gasteiger partial charge in [0.1, 0.15) is 6.26 Å². The molecule has 3 aromatic rings. The maximum absolute atomic E-state index is 12.3. The van der Waals surface area contributed by atoms with Crippen LogP contribution in [0.5, 0.6) is 11.5 Å². The molecule has 0 unspecified atom stereocenters. The Morgan fingerprint density at radius 1 is 1.11 bits per heavy atom. The number of nitrogen functional groups attached to an aromatic ring is 1. The smallest absolute Gasteiger partial charge is 0.273 e. The zero-order valence-electron chi connectivity index (χ0n) is 15.2. The molecule has 3 N–H and O–H groups in total. The predicted molar refractivity (Wildman–Crippen MR) is 102 cm³/mol. The summed E-state index contributed by atoms with van der Waals surface area (Å²) in [7, 11) is 3.18. The summed E-state index contributed by atoms with van der Waals surface area (Å²) in [6, 6.07) is 12.8. The Bertz CT molecular complexity index is 919. The van der Waals surface area contributed by atoms with E-state index in [4.69, 9.17) is 19.6 Å². The third-order valence-electron chi connectivity index (χ3n) is 4.04. The third-order valence-corrected chi connectivity index (χ3v) is 4.04. The maximum atomic E-state index is 12.3. The quantitative estimate of drug-likeness (QED) is 0.623. The number of nitrogens with one attached hydrogen (secondary N) is 1. The molecule has 0 fully saturated rings. The average molecular weight is 367 g/mol. The molecule has 1 aromatic heterocycles. The normalized spacial score (nSPS) is 10.4. The largest absolute Gasteiger partial charge is 0.493 e. The van der Waals surface area contributed by atoms with Gasteiger partial charge in [0.05, 0.1) is 14.2 Å². The number of carbonyl (C=O) groups excluding carboxylic acids is 1. The zero-order chi connectivity index (χ0) is 19.2. The fraction of sp³-hybridized carbons (Fsp3) is 0.200. The van der Waals surface area contributed by atoms with Crippen molar-refractivity contribution in [2.45, 2.75) is 6.42 Å². The van der Waals surface area contributed by atoms with Crippen LogP contribution in [0.15, 0.2) is 53.1 Å². The van der Waals surface area contributed by atoms with Crippen LogP contribution in [0.25, 0.3) is 11.5 Å². The molecule has 7 nitrogen and oxygen atoms in total. The van der Waals surface area contributed by atoms with Crippen LogP contribution in [-0.2, 0) is 6.42 Å². The number of rotatable bonds is 7. The number of hydrogen-bond acceptors (Lipinski definition) is 6. The molecule has 0 radical (unpaired) electrons. The molecule has 0 saturated heterocycles. The second kappa shape index (κ2) is 8.27. The highest BCUT2D eigenvalue weighted by Crippen LogP contribution is 2.27. The number of aromatic nitrogens is 1. The number of nitrogens with two attached hydrogens (primary N) is 1. The van der Waals surface area contributed by atoms with Crippen LogP contribution in [0.2, 0.25) is 0 Å². The van der Waals surface area contributed by atoms with Gasteiger partial charge >= 0.3 is 0 Å². The summed E-state index contributed by atoms with van der Waals surface area (Å²) in [5, 5.41) is 2.83. The minimum atomic E-state index is -0.291. The fourth-order valence-corrected chi connectivity index (χ4v) is 2.58. The second-order valence-corrected chi connectivity index (χ2v) is 5.86. The third kappa shape index (κ3) is 4.38. The standard InChI is InChI=1S/C20H21N3O4/c1-25-17-8-3-13(11-18(17)26-2)9-10-22-19(24)16-12-27-20(23-16)14-4-6-15(21)7-5-14/h3-8,11-12H,9-10,21H2,1-2H3,(H,22,24). The van der Waals surface area contributed by atoms with E-state index < -0.39 is 0 Å². The second-order valence-electron chi connectivity index (χ2n) is 5.86. The van der Waals surface area contributed by atoms with Crippen molar-refractivity contribution in [3.8, 4) is 23.0 Å². The van der Waals surface area contributed by atoms with Crippen molar-refractivity contribution in [2.75, 3.05) is 26.5 Å². The van der Waals surface area contributed by atoms with Crippen LogP contribution in [-0.4, -0.2) is 31.7 Å². The molecule has 2 aromatic carbocycles. The van der Waals surface area contributed by atoms with Crippen LogP contribution in [0, 0.1) is 0 Å². The van der Waals surface area contributed by atoms with Gasteiger partial charge in [-0.05, 0) is 48.4 Å². The van der Waals surface area contributed by atoms with Crippen molar-refractivity contribution < 1.29 is 18.7 Å². The lowest BCUT2D eigenvalue weighted by Gasteiger charge is -2.09. The molecule has 140 valence electrons. The highest BCUT2D eigenvalue weighted by molar-refractivity contribution is 5.92. The molecule has 1 amide bonds. The van der Waals surface area contributed by atoms with Crippen molar-refractivity contribution in [3.05, 3.63) is 60.0 Å². The minimum absolute atomic E-state index is 0.231. The predicted octanol–water partition coefficient (Wildman–Crippen LogP) is 2.91. The molecule has 0 spiro atoms. The molecule has 27 heavy (non-hydrogen) atoms. The number of carbonyl (C=O) groups is 1. The van der Waals surface area contributed by atoms with Crippen molar-refractivity contribution in [1.82, 2.24) is 10.3 Å². The van der Waals surface area contributed by atoms with Gasteiger partial charge in [-0.2, -0.15) is 0 Å². The molecule has 0 aliphatic rings. The number of amides is 1. The van der Waals surface area contributed by atoms with Gasteiger partial charge in [0, 0.05) is 17.8 Å². The lowest BCUT2D eigenvalue weighted by molar-refractivity contribution is 0.0949. The summed E-state index contributed by atoms with van der Waals surface area (Å²) in [6.45, 7) is 0.457. The summed E-state index contributed by atoms with van der Waals surface area (Å²) in [4.78, 5) is 16.5. The van der Waals surface area contributed by atoms with Crippen molar-refractivity contribution >= 4 is 11.6 Å². The number of ether oxygens (including phenoxy) is 2. The van der Waals surface area contributed by atoms with Crippen LogP contribution < -0.4 is 20.5 Å². The van der Waals surface area contributed by atoms with Gasteiger partial charge in [-0.15, -0.1) is 0 Å². The first-order valence-electron chi connectivity index (χ1n) is 8.41. The molecule has 7 heteroatoms. The van der Waals surface area contributed by atoms with E-state index in [1.807, 2.05) is 18.2 Å². The highest BCUT2D eigenvalue weighted by Gasteiger charge is 2.13. The Hall–Kier alpha value is -3.48. The van der Waals surface area contributed by atoms with E-state index in [1.54, 1.807) is 38.5 Å². The number of anilines is 1. The van der Waals surface area contributed by atoms with Gasteiger partial charge in [-0.3, -0.25) is 4.79 Å². The molecule has 1 heterocycles. The molecular weight excluding hydrogens is 346 g/mol. The molecule has 0 atom stereocenters. The molecule has 0 saturated carbocycles. The van der Waals surface area contributed by atoms with Crippen LogP contribution in [0.3, 0.4) is 0 Å². The van der Waals surface area contributed by atoms with Crippen LogP contribution in [0.4, 0.5) is 5.69 Å². The lowest BCUT2D eigenvalue weighted by atomic mass is 10.1. The van der Waals surface area contributed by atoms with Gasteiger partial charge in [0.15, 0.2) is 17.2 Å². The monoisotopic (exact) mass is 367 g/mol. The van der Waals surface area contributed by atoms with E-state index in [1.165, 1.54) is 6.26 Å². The zero-order valence-corrected chi connectivity index (χ0v) is 15.2. The molecular formula is C20H21N3O4. The highest BCUT2D eigenvalue weighted by atomic mass is 16.5. The van der Waals surface area contributed by atoms with E-state index in [0.717, 1.165) is 11.1 Å². The number of oxazole rings is 1. The average Bonchev–Trinajstić information content (AvgIpc) is 3.18. The van der Waals surface area contributed by atoms with E-state index in [-0.39, 0.29) is 11.6 Å². The van der Waals surface area contributed by atoms with E-state index in [9.17, 15) is 4.79 Å². The van der Waals surface area contributed by atoms with E-state index in [2.05, 4.69) is 10.3 Å². The Balaban J connectivity index is 1.58. The van der Waals surface area contributed by atoms with Gasteiger partial charge in [0.2, 0.25) is 5.89 Å². The summed E-state index contributed by atoms with van der Waals surface area (Å²) in [5.74, 6) is 1.41. The summed E-state index contributed by atoms with van der Waals surface area (Å²) >= 11 is 0. The van der Waals surface area contributed by atoms with Gasteiger partial charge < -0.3 is 24.9 Å². The number of methoxy groups -OCH3 is 2. The number of hydrogen-bond donors (Lipinski definition) is 2. The Morgan fingerprint density at radius 3 is 2.56 bits per heavy atom. The fourth-order valence-electron chi connectivity index (χ4n) is 2.58. The summed E-state index contributed by atoms with van der Waals surface area (Å²) < 4.78 is 15.9. The number of nitrogens with zero attached hydrogens (tertiary/aromatic N) is 1. The molecule has 0 bridgehead atoms. The number of benzene rings is 2. The van der Waals surface area contributed by atoms with Crippen LogP contribution >= 0.6 is 0 Å². The first kappa shape index (κ1) is 18.3. The summed E-state index contributed by atoms with van der Waals surface area (Å²) in [5.41, 5.74) is 8.33. The first-order valence-corrected chi connectivity index (χ1v) is 8.41. The minimum Gasteiger partial charge on any atom is -0.493 e. The van der Waals surface area contributed by atoms with Crippen molar-refractivity contribution in [3.63, 3.8) is 0 Å². The lowest BCUT2D eigenvalue weighted by Crippen LogP contribution is -2.26.